The van der Waals surface area contributed by atoms with Gasteiger partial charge in [0, 0.05) is 19.3 Å². The van der Waals surface area contributed by atoms with E-state index in [1.807, 2.05) is 0 Å². The summed E-state index contributed by atoms with van der Waals surface area (Å²) in [5.41, 5.74) is 0. The summed E-state index contributed by atoms with van der Waals surface area (Å²) in [6.45, 7) is 6.48. The first-order valence-corrected chi connectivity index (χ1v) is 28.5. The Hall–Kier alpha value is -3.15. The van der Waals surface area contributed by atoms with Crippen molar-refractivity contribution in [1.82, 2.24) is 0 Å². The van der Waals surface area contributed by atoms with E-state index in [0.29, 0.717) is 19.3 Å². The number of carbonyl (C=O) groups excluding carboxylic acids is 3. The number of hydrogen-bond acceptors (Lipinski definition) is 6. The van der Waals surface area contributed by atoms with Gasteiger partial charge < -0.3 is 14.2 Å². The molecule has 0 N–H and O–H groups in total. The molecule has 0 saturated carbocycles. The van der Waals surface area contributed by atoms with E-state index in [4.69, 9.17) is 14.2 Å². The minimum absolute atomic E-state index is 0.0940. The van der Waals surface area contributed by atoms with E-state index in [1.54, 1.807) is 0 Å². The molecule has 0 bridgehead atoms. The lowest BCUT2D eigenvalue weighted by atomic mass is 10.0. The number of ether oxygens (including phenoxy) is 3. The lowest BCUT2D eigenvalue weighted by Crippen LogP contribution is -2.30. The number of hydrogen-bond donors (Lipinski definition) is 0. The van der Waals surface area contributed by atoms with Crippen molar-refractivity contribution in [2.24, 2.45) is 0 Å². The molecule has 0 aromatic rings. The van der Waals surface area contributed by atoms with Crippen molar-refractivity contribution in [2.75, 3.05) is 13.2 Å². The van der Waals surface area contributed by atoms with E-state index in [0.717, 1.165) is 103 Å². The molecule has 0 radical (unpaired) electrons. The molecule has 0 aromatic heterocycles. The molecule has 6 nitrogen and oxygen atoms in total. The van der Waals surface area contributed by atoms with Crippen LogP contribution in [0, 0.1) is 0 Å². The second-order valence-corrected chi connectivity index (χ2v) is 18.9. The van der Waals surface area contributed by atoms with Gasteiger partial charge in [-0.1, -0.05) is 254 Å². The van der Waals surface area contributed by atoms with Gasteiger partial charge in [-0.3, -0.25) is 14.4 Å². The SMILES string of the molecule is CC/C=C\C/C=C\C/C=C\CCCCC(=O)OCC(COC(=O)CCCCCCCCCCCCCCCCCCCCC)OC(=O)CCCCCCC\C=C/C=C\C=C/CCCCCCC. The van der Waals surface area contributed by atoms with Gasteiger partial charge in [-0.15, -0.1) is 0 Å². The van der Waals surface area contributed by atoms with Crippen LogP contribution in [-0.2, 0) is 28.6 Å². The Kier molecular flexibility index (Phi) is 52.8. The van der Waals surface area contributed by atoms with Crippen molar-refractivity contribution < 1.29 is 28.6 Å². The monoisotopic (exact) mass is 935 g/mol. The smallest absolute Gasteiger partial charge is 0.306 e. The van der Waals surface area contributed by atoms with Gasteiger partial charge in [-0.2, -0.15) is 0 Å². The molecule has 67 heavy (non-hydrogen) atoms. The van der Waals surface area contributed by atoms with Crippen LogP contribution in [0.25, 0.3) is 0 Å². The molecule has 0 saturated heterocycles. The number of allylic oxidation sites excluding steroid dienone is 12. The van der Waals surface area contributed by atoms with Crippen LogP contribution in [0.2, 0.25) is 0 Å². The Morgan fingerprint density at radius 3 is 1.06 bits per heavy atom. The van der Waals surface area contributed by atoms with Crippen LogP contribution >= 0.6 is 0 Å². The van der Waals surface area contributed by atoms with Crippen LogP contribution in [0.4, 0.5) is 0 Å². The predicted octanol–water partition coefficient (Wildman–Crippen LogP) is 19.0. The van der Waals surface area contributed by atoms with Crippen molar-refractivity contribution in [3.05, 3.63) is 72.9 Å². The molecule has 0 aromatic carbocycles. The second kappa shape index (κ2) is 55.4. The number of rotatable bonds is 51. The van der Waals surface area contributed by atoms with E-state index >= 15 is 0 Å². The molecule has 0 rings (SSSR count). The van der Waals surface area contributed by atoms with E-state index in [9.17, 15) is 14.4 Å². The summed E-state index contributed by atoms with van der Waals surface area (Å²) in [6.07, 6.45) is 70.4. The van der Waals surface area contributed by atoms with Gasteiger partial charge in [-0.25, -0.2) is 0 Å². The molecule has 1 unspecified atom stereocenters. The summed E-state index contributed by atoms with van der Waals surface area (Å²) in [5, 5.41) is 0. The van der Waals surface area contributed by atoms with Crippen molar-refractivity contribution in [3.8, 4) is 0 Å². The Morgan fingerprint density at radius 2 is 0.642 bits per heavy atom. The van der Waals surface area contributed by atoms with Gasteiger partial charge in [0.1, 0.15) is 13.2 Å². The van der Waals surface area contributed by atoms with Gasteiger partial charge in [0.15, 0.2) is 6.10 Å². The maximum absolute atomic E-state index is 12.8. The molecule has 6 heteroatoms. The lowest BCUT2D eigenvalue weighted by molar-refractivity contribution is -0.167. The van der Waals surface area contributed by atoms with Crippen molar-refractivity contribution >= 4 is 17.9 Å². The van der Waals surface area contributed by atoms with Crippen molar-refractivity contribution in [3.63, 3.8) is 0 Å². The Balaban J connectivity index is 4.40. The molecule has 1 atom stereocenters. The van der Waals surface area contributed by atoms with Gasteiger partial charge >= 0.3 is 17.9 Å². The lowest BCUT2D eigenvalue weighted by Gasteiger charge is -2.18. The van der Waals surface area contributed by atoms with E-state index in [-0.39, 0.29) is 31.1 Å². The molecule has 0 spiro atoms. The Labute approximate surface area is 414 Å². The number of unbranched alkanes of at least 4 members (excludes halogenated alkanes) is 30. The van der Waals surface area contributed by atoms with Crippen LogP contribution in [0.15, 0.2) is 72.9 Å². The first-order valence-electron chi connectivity index (χ1n) is 28.5. The fourth-order valence-electron chi connectivity index (χ4n) is 7.99. The third-order valence-corrected chi connectivity index (χ3v) is 12.3. The molecule has 0 aliphatic rings. The van der Waals surface area contributed by atoms with Gasteiger partial charge in [-0.05, 0) is 77.0 Å². The summed E-state index contributed by atoms with van der Waals surface area (Å²) < 4.78 is 16.8. The first-order chi connectivity index (χ1) is 33.0. The summed E-state index contributed by atoms with van der Waals surface area (Å²) >= 11 is 0. The van der Waals surface area contributed by atoms with Crippen LogP contribution in [0.1, 0.15) is 278 Å². The van der Waals surface area contributed by atoms with Gasteiger partial charge in [0.25, 0.3) is 0 Å². The maximum atomic E-state index is 12.8. The standard InChI is InChI=1S/C61H106O6/c1-4-7-10-13-16-19-22-25-27-29-31-33-34-36-39-42-45-48-51-54-60(63)66-57-58(56-65-59(62)53-50-47-44-41-38-24-21-18-15-12-9-6-3)67-61(64)55-52-49-46-43-40-37-35-32-30-28-26-23-20-17-14-11-8-5-2/h9,12,18,21,23,26,28,30,32,35,38,41,58H,4-8,10-11,13-17,19-20,22,24-25,27,29,31,33-34,36-37,39-40,42-57H2,1-3H3/b12-9-,21-18-,26-23-,30-28-,35-32-,41-38-. The highest BCUT2D eigenvalue weighted by Gasteiger charge is 2.19. The maximum Gasteiger partial charge on any atom is 0.306 e. The summed E-state index contributed by atoms with van der Waals surface area (Å²) in [7, 11) is 0. The fourth-order valence-corrected chi connectivity index (χ4v) is 7.99. The quantitative estimate of drug-likeness (QED) is 0.0199. The minimum atomic E-state index is -0.800. The Bertz CT molecular complexity index is 1260. The van der Waals surface area contributed by atoms with Gasteiger partial charge in [0.2, 0.25) is 0 Å². The normalized spacial score (nSPS) is 12.6. The van der Waals surface area contributed by atoms with Crippen molar-refractivity contribution in [1.29, 1.82) is 0 Å². The van der Waals surface area contributed by atoms with Crippen LogP contribution in [-0.4, -0.2) is 37.2 Å². The zero-order valence-corrected chi connectivity index (χ0v) is 44.2. The molecule has 0 amide bonds. The zero-order valence-electron chi connectivity index (χ0n) is 44.2. The number of esters is 3. The van der Waals surface area contributed by atoms with Crippen LogP contribution in [0.3, 0.4) is 0 Å². The third-order valence-electron chi connectivity index (χ3n) is 12.3. The highest BCUT2D eigenvalue weighted by molar-refractivity contribution is 5.71. The average molecular weight is 936 g/mol. The molecule has 0 aliphatic carbocycles. The van der Waals surface area contributed by atoms with E-state index in [1.165, 1.54) is 135 Å². The molecule has 0 heterocycles. The second-order valence-electron chi connectivity index (χ2n) is 18.9. The molecule has 386 valence electrons. The fraction of sp³-hybridized carbons (Fsp3) is 0.754. The van der Waals surface area contributed by atoms with E-state index < -0.39 is 6.10 Å². The summed E-state index contributed by atoms with van der Waals surface area (Å²) in [6, 6.07) is 0. The zero-order chi connectivity index (χ0) is 48.6. The minimum Gasteiger partial charge on any atom is -0.462 e. The molecular weight excluding hydrogens is 829 g/mol. The first kappa shape index (κ1) is 63.8. The Morgan fingerprint density at radius 1 is 0.328 bits per heavy atom. The summed E-state index contributed by atoms with van der Waals surface area (Å²) in [4.78, 5) is 38.1. The predicted molar refractivity (Wildman–Crippen MR) is 288 cm³/mol. The number of carbonyl (C=O) groups is 3. The van der Waals surface area contributed by atoms with Crippen LogP contribution < -0.4 is 0 Å². The third kappa shape index (κ3) is 53.7. The summed E-state index contributed by atoms with van der Waals surface area (Å²) in [5.74, 6) is -0.947. The van der Waals surface area contributed by atoms with Crippen molar-refractivity contribution in [2.45, 2.75) is 284 Å². The average Bonchev–Trinajstić information content (AvgIpc) is 3.33. The van der Waals surface area contributed by atoms with Gasteiger partial charge in [0.05, 0.1) is 0 Å². The molecule has 0 aliphatic heterocycles. The molecule has 0 fully saturated rings. The largest absolute Gasteiger partial charge is 0.462 e. The highest BCUT2D eigenvalue weighted by Crippen LogP contribution is 2.16. The van der Waals surface area contributed by atoms with E-state index in [2.05, 4.69) is 93.7 Å². The topological polar surface area (TPSA) is 78.9 Å². The molecular formula is C61H106O6. The van der Waals surface area contributed by atoms with Crippen LogP contribution in [0.5, 0.6) is 0 Å². The highest BCUT2D eigenvalue weighted by atomic mass is 16.6.